The number of nitrogens with zero attached hydrogens (tertiary/aromatic N) is 1. The van der Waals surface area contributed by atoms with Crippen LogP contribution in [0.15, 0.2) is 23.1 Å². The molecule has 0 bridgehead atoms. The van der Waals surface area contributed by atoms with Gasteiger partial charge in [0.1, 0.15) is 11.4 Å². The molecule has 1 aliphatic rings. The van der Waals surface area contributed by atoms with Crippen LogP contribution in [0.4, 0.5) is 5.69 Å². The smallest absolute Gasteiger partial charge is 0.269 e. The third-order valence-electron chi connectivity index (χ3n) is 2.33. The molecule has 0 atom stereocenters. The van der Waals surface area contributed by atoms with E-state index in [-0.39, 0.29) is 16.1 Å². The molecule has 1 aromatic rings. The van der Waals surface area contributed by atoms with E-state index < -0.39 is 28.4 Å². The highest BCUT2D eigenvalue weighted by Crippen LogP contribution is 2.31. The second-order valence-corrected chi connectivity index (χ2v) is 5.37. The van der Waals surface area contributed by atoms with Gasteiger partial charge in [0.05, 0.1) is 5.56 Å². The molecule has 0 saturated heterocycles. The molecule has 17 heavy (non-hydrogen) atoms. The summed E-state index contributed by atoms with van der Waals surface area (Å²) in [4.78, 5) is 22.3. The van der Waals surface area contributed by atoms with E-state index in [2.05, 4.69) is 0 Å². The Morgan fingerprint density at radius 2 is 2.00 bits per heavy atom. The van der Waals surface area contributed by atoms with Crippen molar-refractivity contribution in [3.05, 3.63) is 23.8 Å². The van der Waals surface area contributed by atoms with Gasteiger partial charge in [0.25, 0.3) is 15.9 Å². The van der Waals surface area contributed by atoms with Crippen LogP contribution >= 0.6 is 0 Å². The molecule has 1 heterocycles. The van der Waals surface area contributed by atoms with E-state index in [9.17, 15) is 18.0 Å². The van der Waals surface area contributed by atoms with Crippen LogP contribution in [-0.2, 0) is 14.8 Å². The third kappa shape index (κ3) is 1.62. The first-order valence-electron chi connectivity index (χ1n) is 4.59. The Hall–Kier alpha value is -2.09. The van der Waals surface area contributed by atoms with Crippen molar-refractivity contribution < 1.29 is 18.0 Å². The largest absolute Gasteiger partial charge is 0.399 e. The number of sulfonamides is 1. The third-order valence-corrected chi connectivity index (χ3v) is 4.10. The highest BCUT2D eigenvalue weighted by atomic mass is 32.2. The summed E-state index contributed by atoms with van der Waals surface area (Å²) in [6.45, 7) is -0.671. The number of nitrogen functional groups attached to an aromatic ring is 1. The number of carbonyl (C=O) groups excluding carboxylic acids is 2. The summed E-state index contributed by atoms with van der Waals surface area (Å²) >= 11 is 0. The van der Waals surface area contributed by atoms with Gasteiger partial charge in [0.2, 0.25) is 5.91 Å². The maximum atomic E-state index is 11.9. The summed E-state index contributed by atoms with van der Waals surface area (Å²) in [6.07, 6.45) is 0. The topological polar surface area (TPSA) is 124 Å². The van der Waals surface area contributed by atoms with E-state index in [4.69, 9.17) is 11.5 Å². The Bertz CT molecular complexity index is 623. The van der Waals surface area contributed by atoms with Gasteiger partial charge in [0, 0.05) is 5.69 Å². The van der Waals surface area contributed by atoms with Gasteiger partial charge in [0.15, 0.2) is 0 Å². The minimum atomic E-state index is -4.01. The van der Waals surface area contributed by atoms with Crippen LogP contribution in [0.2, 0.25) is 0 Å². The number of benzene rings is 1. The molecule has 1 aromatic carbocycles. The maximum Gasteiger partial charge on any atom is 0.269 e. The molecule has 0 fully saturated rings. The van der Waals surface area contributed by atoms with E-state index in [1.165, 1.54) is 18.2 Å². The minimum Gasteiger partial charge on any atom is -0.399 e. The summed E-state index contributed by atoms with van der Waals surface area (Å²) in [7, 11) is -4.01. The Morgan fingerprint density at radius 3 is 2.59 bits per heavy atom. The average molecular weight is 255 g/mol. The molecule has 0 aliphatic carbocycles. The molecule has 0 saturated carbocycles. The lowest BCUT2D eigenvalue weighted by molar-refractivity contribution is -0.117. The van der Waals surface area contributed by atoms with Gasteiger partial charge in [-0.3, -0.25) is 9.59 Å². The molecule has 2 rings (SSSR count). The second kappa shape index (κ2) is 3.45. The van der Waals surface area contributed by atoms with Crippen LogP contribution in [0.25, 0.3) is 0 Å². The lowest BCUT2D eigenvalue weighted by atomic mass is 10.2. The first-order chi connectivity index (χ1) is 7.84. The van der Waals surface area contributed by atoms with Gasteiger partial charge < -0.3 is 11.5 Å². The van der Waals surface area contributed by atoms with Crippen LogP contribution in [-0.4, -0.2) is 31.1 Å². The van der Waals surface area contributed by atoms with Crippen LogP contribution in [0.1, 0.15) is 10.4 Å². The fraction of sp³-hybridized carbons (Fsp3) is 0.111. The number of hydrogen-bond acceptors (Lipinski definition) is 5. The SMILES string of the molecule is NC(=O)CN1C(=O)c2ccc(N)cc2S1(=O)=O. The highest BCUT2D eigenvalue weighted by molar-refractivity contribution is 7.90. The number of rotatable bonds is 2. The fourth-order valence-corrected chi connectivity index (χ4v) is 3.16. The average Bonchev–Trinajstić information content (AvgIpc) is 2.40. The minimum absolute atomic E-state index is 0.000417. The zero-order chi connectivity index (χ0) is 12.8. The molecular formula is C9H9N3O4S. The number of anilines is 1. The molecule has 90 valence electrons. The van der Waals surface area contributed by atoms with Crippen LogP contribution < -0.4 is 11.5 Å². The molecule has 1 aliphatic heterocycles. The predicted octanol–water partition coefficient (Wildman–Crippen LogP) is -1.10. The lowest BCUT2D eigenvalue weighted by Crippen LogP contribution is -2.37. The summed E-state index contributed by atoms with van der Waals surface area (Å²) in [5, 5.41) is 0. The van der Waals surface area contributed by atoms with Crippen LogP contribution in [0.3, 0.4) is 0 Å². The molecule has 4 N–H and O–H groups in total. The molecule has 0 spiro atoms. The number of carbonyl (C=O) groups is 2. The van der Waals surface area contributed by atoms with Crippen molar-refractivity contribution in [1.82, 2.24) is 4.31 Å². The van der Waals surface area contributed by atoms with Crippen molar-refractivity contribution >= 4 is 27.5 Å². The lowest BCUT2D eigenvalue weighted by Gasteiger charge is -2.11. The van der Waals surface area contributed by atoms with Gasteiger partial charge in [-0.25, -0.2) is 12.7 Å². The van der Waals surface area contributed by atoms with Crippen molar-refractivity contribution in [1.29, 1.82) is 0 Å². The number of primary amides is 1. The zero-order valence-electron chi connectivity index (χ0n) is 8.58. The number of amides is 2. The van der Waals surface area contributed by atoms with Crippen molar-refractivity contribution in [2.24, 2.45) is 5.73 Å². The Labute approximate surface area is 97.0 Å². The molecule has 2 amide bonds. The highest BCUT2D eigenvalue weighted by Gasteiger charge is 2.41. The monoisotopic (exact) mass is 255 g/mol. The molecule has 0 aromatic heterocycles. The predicted molar refractivity (Wildman–Crippen MR) is 58.3 cm³/mol. The van der Waals surface area contributed by atoms with E-state index in [0.717, 1.165) is 0 Å². The van der Waals surface area contributed by atoms with E-state index in [0.29, 0.717) is 4.31 Å². The van der Waals surface area contributed by atoms with Crippen LogP contribution in [0.5, 0.6) is 0 Å². The number of hydrogen-bond donors (Lipinski definition) is 2. The summed E-state index contributed by atoms with van der Waals surface area (Å²) in [6, 6.07) is 3.91. The van der Waals surface area contributed by atoms with Gasteiger partial charge in [-0.1, -0.05) is 0 Å². The Kier molecular flexibility index (Phi) is 2.32. The zero-order valence-corrected chi connectivity index (χ0v) is 9.40. The number of nitrogens with two attached hydrogens (primary N) is 2. The fourth-order valence-electron chi connectivity index (χ4n) is 1.59. The van der Waals surface area contributed by atoms with Crippen LogP contribution in [0, 0.1) is 0 Å². The van der Waals surface area contributed by atoms with Crippen molar-refractivity contribution in [3.8, 4) is 0 Å². The standard InChI is InChI=1S/C9H9N3O4S/c10-5-1-2-6-7(3-5)17(15,16)12(9(6)14)4-8(11)13/h1-3H,4,10H2,(H2,11,13). The van der Waals surface area contributed by atoms with Gasteiger partial charge in [-0.15, -0.1) is 0 Å². The van der Waals surface area contributed by atoms with Crippen molar-refractivity contribution in [3.63, 3.8) is 0 Å². The van der Waals surface area contributed by atoms with E-state index in [1.807, 2.05) is 0 Å². The Balaban J connectivity index is 2.61. The van der Waals surface area contributed by atoms with Crippen molar-refractivity contribution in [2.45, 2.75) is 4.90 Å². The quantitative estimate of drug-likeness (QED) is 0.649. The van der Waals surface area contributed by atoms with Gasteiger partial charge in [-0.2, -0.15) is 0 Å². The first-order valence-corrected chi connectivity index (χ1v) is 6.03. The van der Waals surface area contributed by atoms with Crippen molar-refractivity contribution in [2.75, 3.05) is 12.3 Å². The van der Waals surface area contributed by atoms with Gasteiger partial charge in [-0.05, 0) is 18.2 Å². The molecular weight excluding hydrogens is 246 g/mol. The molecule has 8 heteroatoms. The maximum absolute atomic E-state index is 11.9. The Morgan fingerprint density at radius 1 is 1.35 bits per heavy atom. The summed E-state index contributed by atoms with van der Waals surface area (Å²) < 4.78 is 24.3. The van der Waals surface area contributed by atoms with Gasteiger partial charge >= 0.3 is 0 Å². The normalized spacial score (nSPS) is 16.9. The van der Waals surface area contributed by atoms with E-state index >= 15 is 0 Å². The summed E-state index contributed by atoms with van der Waals surface area (Å²) in [5.41, 5.74) is 10.6. The first kappa shape index (κ1) is 11.4. The van der Waals surface area contributed by atoms with E-state index in [1.54, 1.807) is 0 Å². The summed E-state index contributed by atoms with van der Waals surface area (Å²) in [5.74, 6) is -1.67. The molecule has 0 unspecified atom stereocenters. The second-order valence-electron chi connectivity index (χ2n) is 3.54. The number of fused-ring (bicyclic) bond motifs is 1. The molecule has 7 nitrogen and oxygen atoms in total. The molecule has 0 radical (unpaired) electrons.